The number of hydrogen-bond acceptors (Lipinski definition) is 5. The Labute approximate surface area is 138 Å². The maximum atomic E-state index is 13.0. The van der Waals surface area contributed by atoms with E-state index in [4.69, 9.17) is 4.52 Å². The van der Waals surface area contributed by atoms with Crippen molar-refractivity contribution in [2.75, 3.05) is 6.54 Å². The zero-order valence-electron chi connectivity index (χ0n) is 13.5. The fourth-order valence-corrected chi connectivity index (χ4v) is 3.24. The van der Waals surface area contributed by atoms with Crippen LogP contribution in [0.2, 0.25) is 0 Å². The van der Waals surface area contributed by atoms with Gasteiger partial charge in [0.1, 0.15) is 11.4 Å². The highest BCUT2D eigenvalue weighted by Crippen LogP contribution is 2.27. The van der Waals surface area contributed by atoms with Crippen LogP contribution in [0.4, 0.5) is 0 Å². The topological polar surface area (TPSA) is 77.1 Å². The van der Waals surface area contributed by atoms with Crippen LogP contribution in [0, 0.1) is 6.92 Å². The van der Waals surface area contributed by atoms with E-state index in [-0.39, 0.29) is 11.9 Å². The number of aromatic nitrogens is 4. The molecule has 3 aromatic rings. The molecule has 0 aliphatic carbocycles. The number of nitrogens with zero attached hydrogens (tertiary/aromatic N) is 5. The molecule has 0 bridgehead atoms. The maximum absolute atomic E-state index is 13.0. The molecule has 2 aromatic heterocycles. The predicted octanol–water partition coefficient (Wildman–Crippen LogP) is 2.46. The summed E-state index contributed by atoms with van der Waals surface area (Å²) < 4.78 is 7.41. The monoisotopic (exact) mass is 323 g/mol. The molecule has 1 atom stereocenters. The number of hydrogen-bond donors (Lipinski definition) is 0. The number of carbonyl (C=O) groups excluding carboxylic acids is 1. The second-order valence-electron chi connectivity index (χ2n) is 6.00. The first-order valence-corrected chi connectivity index (χ1v) is 7.85. The van der Waals surface area contributed by atoms with E-state index in [2.05, 4.69) is 26.8 Å². The Hall–Kier alpha value is -2.96. The van der Waals surface area contributed by atoms with Crippen molar-refractivity contribution >= 4 is 5.91 Å². The number of rotatable bonds is 2. The number of aryl methyl sites for hydroxylation is 1. The smallest absolute Gasteiger partial charge is 0.259 e. The third-order valence-electron chi connectivity index (χ3n) is 4.32. The Morgan fingerprint density at radius 3 is 2.83 bits per heavy atom. The van der Waals surface area contributed by atoms with Crippen LogP contribution in [0.5, 0.6) is 0 Å². The van der Waals surface area contributed by atoms with Gasteiger partial charge in [0.2, 0.25) is 0 Å². The molecule has 24 heavy (non-hydrogen) atoms. The first-order valence-electron chi connectivity index (χ1n) is 7.85. The summed E-state index contributed by atoms with van der Waals surface area (Å²) in [4.78, 5) is 14.8. The predicted molar refractivity (Wildman–Crippen MR) is 86.1 cm³/mol. The van der Waals surface area contributed by atoms with Gasteiger partial charge in [0.05, 0.1) is 18.8 Å². The van der Waals surface area contributed by atoms with Crippen LogP contribution in [0.3, 0.4) is 0 Å². The number of benzene rings is 1. The molecule has 1 aromatic carbocycles. The van der Waals surface area contributed by atoms with Gasteiger partial charge in [-0.3, -0.25) is 4.79 Å². The molecule has 1 aliphatic rings. The lowest BCUT2D eigenvalue weighted by molar-refractivity contribution is 0.0680. The van der Waals surface area contributed by atoms with Gasteiger partial charge in [-0.2, -0.15) is 0 Å². The molecule has 0 radical (unpaired) electrons. The summed E-state index contributed by atoms with van der Waals surface area (Å²) in [6.45, 7) is 5.02. The largest absolute Gasteiger partial charge is 0.355 e. The molecule has 4 rings (SSSR count). The number of fused-ring (bicyclic) bond motifs is 1. The quantitative estimate of drug-likeness (QED) is 0.724. The zero-order chi connectivity index (χ0) is 16.7. The van der Waals surface area contributed by atoms with Crippen LogP contribution < -0.4 is 0 Å². The van der Waals surface area contributed by atoms with Crippen molar-refractivity contribution in [3.05, 3.63) is 53.7 Å². The molecular formula is C17H17N5O2. The molecule has 1 amide bonds. The molecule has 7 nitrogen and oxygen atoms in total. The van der Waals surface area contributed by atoms with Gasteiger partial charge in [0, 0.05) is 12.1 Å². The van der Waals surface area contributed by atoms with Crippen LogP contribution in [-0.4, -0.2) is 37.3 Å². The molecule has 122 valence electrons. The molecule has 1 aliphatic heterocycles. The van der Waals surface area contributed by atoms with E-state index in [9.17, 15) is 4.79 Å². The van der Waals surface area contributed by atoms with Crippen LogP contribution in [0.1, 0.15) is 35.0 Å². The number of amides is 1. The third-order valence-corrected chi connectivity index (χ3v) is 4.32. The second kappa shape index (κ2) is 5.59. The van der Waals surface area contributed by atoms with Crippen LogP contribution in [0.15, 0.2) is 41.1 Å². The van der Waals surface area contributed by atoms with E-state index in [1.807, 2.05) is 37.3 Å². The maximum Gasteiger partial charge on any atom is 0.259 e. The molecule has 3 heterocycles. The molecule has 7 heteroatoms. The molecule has 0 N–H and O–H groups in total. The van der Waals surface area contributed by atoms with Gasteiger partial charge in [0.15, 0.2) is 11.6 Å². The highest BCUT2D eigenvalue weighted by molar-refractivity contribution is 5.99. The van der Waals surface area contributed by atoms with Gasteiger partial charge in [0.25, 0.3) is 5.91 Å². The Bertz CT molecular complexity index is 884. The summed E-state index contributed by atoms with van der Waals surface area (Å²) in [7, 11) is 0. The van der Waals surface area contributed by atoms with Crippen molar-refractivity contribution in [3.63, 3.8) is 0 Å². The molecule has 1 unspecified atom stereocenters. The lowest BCUT2D eigenvalue weighted by atomic mass is 10.1. The molecule has 0 fully saturated rings. The van der Waals surface area contributed by atoms with E-state index >= 15 is 0 Å². The third kappa shape index (κ3) is 2.29. The van der Waals surface area contributed by atoms with E-state index in [0.717, 1.165) is 17.2 Å². The fraction of sp³-hybridized carbons (Fsp3) is 0.294. The first-order chi connectivity index (χ1) is 11.6. The van der Waals surface area contributed by atoms with Crippen LogP contribution in [-0.2, 0) is 6.54 Å². The van der Waals surface area contributed by atoms with E-state index in [1.54, 1.807) is 4.90 Å². The fourth-order valence-electron chi connectivity index (χ4n) is 3.24. The minimum absolute atomic E-state index is 0.103. The van der Waals surface area contributed by atoms with Gasteiger partial charge in [-0.25, -0.2) is 0 Å². The summed E-state index contributed by atoms with van der Waals surface area (Å²) >= 11 is 0. The van der Waals surface area contributed by atoms with Crippen molar-refractivity contribution in [1.29, 1.82) is 0 Å². The summed E-state index contributed by atoms with van der Waals surface area (Å²) in [6, 6.07) is 9.66. The zero-order valence-corrected chi connectivity index (χ0v) is 13.5. The summed E-state index contributed by atoms with van der Waals surface area (Å²) in [5.74, 6) is 2.07. The van der Waals surface area contributed by atoms with Crippen molar-refractivity contribution in [1.82, 2.24) is 24.8 Å². The average molecular weight is 323 g/mol. The van der Waals surface area contributed by atoms with Crippen molar-refractivity contribution < 1.29 is 9.32 Å². The lowest BCUT2D eigenvalue weighted by Gasteiger charge is -2.32. The lowest BCUT2D eigenvalue weighted by Crippen LogP contribution is -2.40. The highest BCUT2D eigenvalue weighted by Gasteiger charge is 2.31. The van der Waals surface area contributed by atoms with Gasteiger partial charge in [-0.1, -0.05) is 35.5 Å². The van der Waals surface area contributed by atoms with E-state index in [0.29, 0.717) is 24.4 Å². The molecule has 0 spiro atoms. The van der Waals surface area contributed by atoms with Crippen molar-refractivity contribution in [2.24, 2.45) is 0 Å². The summed E-state index contributed by atoms with van der Waals surface area (Å²) in [5.41, 5.74) is 1.31. The molecule has 0 saturated carbocycles. The Kier molecular flexibility index (Phi) is 3.41. The van der Waals surface area contributed by atoms with Gasteiger partial charge < -0.3 is 14.0 Å². The van der Waals surface area contributed by atoms with E-state index in [1.165, 1.54) is 6.20 Å². The standard InChI is InChI=1S/C17H17N5O2/c1-11-9-21(10-15-20-19-12(2)22(11)15)17(23)14-8-18-24-16(14)13-6-4-3-5-7-13/h3-8,11H,9-10H2,1-2H3. The van der Waals surface area contributed by atoms with Gasteiger partial charge in [-0.05, 0) is 13.8 Å². The summed E-state index contributed by atoms with van der Waals surface area (Å²) in [6.07, 6.45) is 1.49. The summed E-state index contributed by atoms with van der Waals surface area (Å²) in [5, 5.41) is 12.1. The Balaban J connectivity index is 1.66. The van der Waals surface area contributed by atoms with Gasteiger partial charge >= 0.3 is 0 Å². The van der Waals surface area contributed by atoms with Gasteiger partial charge in [-0.15, -0.1) is 10.2 Å². The highest BCUT2D eigenvalue weighted by atomic mass is 16.5. The minimum Gasteiger partial charge on any atom is -0.355 e. The number of carbonyl (C=O) groups is 1. The van der Waals surface area contributed by atoms with Crippen LogP contribution >= 0.6 is 0 Å². The Morgan fingerprint density at radius 1 is 1.25 bits per heavy atom. The van der Waals surface area contributed by atoms with Crippen molar-refractivity contribution in [3.8, 4) is 11.3 Å². The molecular weight excluding hydrogens is 306 g/mol. The van der Waals surface area contributed by atoms with Crippen LogP contribution in [0.25, 0.3) is 11.3 Å². The second-order valence-corrected chi connectivity index (χ2v) is 6.00. The van der Waals surface area contributed by atoms with Crippen molar-refractivity contribution in [2.45, 2.75) is 26.4 Å². The molecule has 0 saturated heterocycles. The SMILES string of the molecule is Cc1nnc2n1C(C)CN(C(=O)c1cnoc1-c1ccccc1)C2. The average Bonchev–Trinajstić information content (AvgIpc) is 3.22. The Morgan fingerprint density at radius 2 is 2.04 bits per heavy atom. The minimum atomic E-state index is -0.103. The first kappa shape index (κ1) is 14.6. The van der Waals surface area contributed by atoms with E-state index < -0.39 is 0 Å². The normalized spacial score (nSPS) is 16.9.